The maximum atomic E-state index is 12.5. The van der Waals surface area contributed by atoms with Gasteiger partial charge in [-0.2, -0.15) is 0 Å². The van der Waals surface area contributed by atoms with Gasteiger partial charge in [0.25, 0.3) is 5.91 Å². The van der Waals surface area contributed by atoms with E-state index in [2.05, 4.69) is 10.5 Å². The summed E-state index contributed by atoms with van der Waals surface area (Å²) in [6, 6.07) is 7.37. The molecule has 1 aromatic carbocycles. The third kappa shape index (κ3) is 5.65. The summed E-state index contributed by atoms with van der Waals surface area (Å²) < 4.78 is 10.4. The Hall–Kier alpha value is -2.71. The van der Waals surface area contributed by atoms with E-state index in [9.17, 15) is 9.59 Å². The third-order valence-electron chi connectivity index (χ3n) is 5.01. The van der Waals surface area contributed by atoms with Crippen LogP contribution in [0, 0.1) is 13.8 Å². The number of nitrogens with one attached hydrogen (secondary N) is 1. The van der Waals surface area contributed by atoms with E-state index < -0.39 is 0 Å². The molecule has 29 heavy (non-hydrogen) atoms. The Bertz CT molecular complexity index is 821. The zero-order valence-corrected chi connectivity index (χ0v) is 17.2. The Morgan fingerprint density at radius 2 is 1.86 bits per heavy atom. The van der Waals surface area contributed by atoms with Crippen LogP contribution in [0.3, 0.4) is 0 Å². The number of aryl methyl sites for hydroxylation is 2. The van der Waals surface area contributed by atoms with Crippen molar-refractivity contribution in [3.63, 3.8) is 0 Å². The van der Waals surface area contributed by atoms with Crippen LogP contribution in [0.25, 0.3) is 0 Å². The van der Waals surface area contributed by atoms with E-state index in [1.165, 1.54) is 0 Å². The number of likely N-dealkylation sites (N-methyl/N-ethyl adjacent to an activating group) is 1. The first-order chi connectivity index (χ1) is 13.9. The molecule has 0 bridgehead atoms. The summed E-state index contributed by atoms with van der Waals surface area (Å²) in [6.07, 6.45) is 0. The molecule has 1 N–H and O–H groups in total. The standard InChI is InChI=1S/C21H28N4O4/c1-15-19(16(2)29-23-15)13-24(3)14-20(26)22-12-17-4-6-18(7-5-17)21(27)25-8-10-28-11-9-25/h4-7H,8-14H2,1-3H3,(H,22,26). The van der Waals surface area contributed by atoms with Crippen molar-refractivity contribution in [1.29, 1.82) is 0 Å². The molecule has 1 aliphatic rings. The molecule has 0 unspecified atom stereocenters. The fourth-order valence-corrected chi connectivity index (χ4v) is 3.27. The molecule has 0 aliphatic carbocycles. The van der Waals surface area contributed by atoms with Gasteiger partial charge in [0.2, 0.25) is 5.91 Å². The SMILES string of the molecule is Cc1noc(C)c1CN(C)CC(=O)NCc1ccc(C(=O)N2CCOCC2)cc1. The van der Waals surface area contributed by atoms with Gasteiger partial charge < -0.3 is 19.5 Å². The van der Waals surface area contributed by atoms with Crippen molar-refractivity contribution in [2.75, 3.05) is 39.9 Å². The highest BCUT2D eigenvalue weighted by molar-refractivity contribution is 5.94. The average molecular weight is 400 g/mol. The van der Waals surface area contributed by atoms with E-state index in [1.54, 1.807) is 4.90 Å². The molecule has 2 heterocycles. The minimum atomic E-state index is -0.0623. The third-order valence-corrected chi connectivity index (χ3v) is 5.01. The maximum Gasteiger partial charge on any atom is 0.254 e. The van der Waals surface area contributed by atoms with Crippen molar-refractivity contribution < 1.29 is 18.8 Å². The largest absolute Gasteiger partial charge is 0.378 e. The van der Waals surface area contributed by atoms with Gasteiger partial charge in [-0.05, 0) is 38.6 Å². The molecular formula is C21H28N4O4. The van der Waals surface area contributed by atoms with Gasteiger partial charge >= 0.3 is 0 Å². The molecule has 8 heteroatoms. The predicted molar refractivity (Wildman–Crippen MR) is 107 cm³/mol. The molecule has 0 saturated carbocycles. The van der Waals surface area contributed by atoms with Crippen LogP contribution in [0.5, 0.6) is 0 Å². The van der Waals surface area contributed by atoms with E-state index in [-0.39, 0.29) is 18.4 Å². The summed E-state index contributed by atoms with van der Waals surface area (Å²) in [4.78, 5) is 28.4. The molecule has 3 rings (SSSR count). The van der Waals surface area contributed by atoms with Crippen molar-refractivity contribution in [3.8, 4) is 0 Å². The molecule has 0 spiro atoms. The number of benzene rings is 1. The number of carbonyl (C=O) groups excluding carboxylic acids is 2. The van der Waals surface area contributed by atoms with Crippen LogP contribution in [-0.4, -0.2) is 66.7 Å². The Morgan fingerprint density at radius 1 is 1.17 bits per heavy atom. The van der Waals surface area contributed by atoms with Gasteiger partial charge in [-0.15, -0.1) is 0 Å². The van der Waals surface area contributed by atoms with Crippen LogP contribution in [-0.2, 0) is 22.6 Å². The van der Waals surface area contributed by atoms with Crippen molar-refractivity contribution in [2.45, 2.75) is 26.9 Å². The van der Waals surface area contributed by atoms with Crippen LogP contribution < -0.4 is 5.32 Å². The fourth-order valence-electron chi connectivity index (χ4n) is 3.27. The normalized spacial score (nSPS) is 14.3. The molecule has 1 aliphatic heterocycles. The Balaban J connectivity index is 1.45. The number of hydrogen-bond donors (Lipinski definition) is 1. The molecular weight excluding hydrogens is 372 g/mol. The Morgan fingerprint density at radius 3 is 2.48 bits per heavy atom. The number of rotatable bonds is 7. The number of nitrogens with zero attached hydrogens (tertiary/aromatic N) is 3. The molecule has 156 valence electrons. The van der Waals surface area contributed by atoms with E-state index in [1.807, 2.05) is 50.1 Å². The number of carbonyl (C=O) groups is 2. The highest BCUT2D eigenvalue weighted by atomic mass is 16.5. The predicted octanol–water partition coefficient (Wildman–Crippen LogP) is 1.51. The van der Waals surface area contributed by atoms with E-state index in [4.69, 9.17) is 9.26 Å². The van der Waals surface area contributed by atoms with Crippen LogP contribution in [0.1, 0.15) is 32.9 Å². The van der Waals surface area contributed by atoms with E-state index >= 15 is 0 Å². The smallest absolute Gasteiger partial charge is 0.254 e. The van der Waals surface area contributed by atoms with E-state index in [0.29, 0.717) is 45.0 Å². The summed E-state index contributed by atoms with van der Waals surface area (Å²) in [6.45, 7) is 7.48. The van der Waals surface area contributed by atoms with Crippen LogP contribution >= 0.6 is 0 Å². The summed E-state index contributed by atoms with van der Waals surface area (Å²) in [5.41, 5.74) is 3.47. The first-order valence-corrected chi connectivity index (χ1v) is 9.77. The van der Waals surface area contributed by atoms with Crippen molar-refractivity contribution >= 4 is 11.8 Å². The maximum absolute atomic E-state index is 12.5. The topological polar surface area (TPSA) is 87.9 Å². The molecule has 2 amide bonds. The second-order valence-electron chi connectivity index (χ2n) is 7.35. The van der Waals surface area contributed by atoms with Gasteiger partial charge in [0, 0.05) is 37.3 Å². The lowest BCUT2D eigenvalue weighted by atomic mass is 10.1. The summed E-state index contributed by atoms with van der Waals surface area (Å²) in [5, 5.41) is 6.86. The number of morpholine rings is 1. The summed E-state index contributed by atoms with van der Waals surface area (Å²) >= 11 is 0. The average Bonchev–Trinajstić information content (AvgIpc) is 3.04. The quantitative estimate of drug-likeness (QED) is 0.758. The second-order valence-corrected chi connectivity index (χ2v) is 7.35. The minimum Gasteiger partial charge on any atom is -0.378 e. The fraction of sp³-hybridized carbons (Fsp3) is 0.476. The Kier molecular flexibility index (Phi) is 7.00. The summed E-state index contributed by atoms with van der Waals surface area (Å²) in [5.74, 6) is 0.735. The lowest BCUT2D eigenvalue weighted by Crippen LogP contribution is -2.40. The molecule has 0 radical (unpaired) electrons. The number of aromatic nitrogens is 1. The van der Waals surface area contributed by atoms with Crippen LogP contribution in [0.15, 0.2) is 28.8 Å². The van der Waals surface area contributed by atoms with Crippen molar-refractivity contribution in [1.82, 2.24) is 20.3 Å². The highest BCUT2D eigenvalue weighted by Gasteiger charge is 2.18. The molecule has 2 aromatic rings. The van der Waals surface area contributed by atoms with Crippen LogP contribution in [0.2, 0.25) is 0 Å². The molecule has 1 aromatic heterocycles. The molecule has 8 nitrogen and oxygen atoms in total. The minimum absolute atomic E-state index is 0.0184. The van der Waals surface area contributed by atoms with Crippen LogP contribution in [0.4, 0.5) is 0 Å². The number of hydrogen-bond acceptors (Lipinski definition) is 6. The molecule has 1 fully saturated rings. The highest BCUT2D eigenvalue weighted by Crippen LogP contribution is 2.14. The monoisotopic (exact) mass is 400 g/mol. The zero-order chi connectivity index (χ0) is 20.8. The number of ether oxygens (including phenoxy) is 1. The van der Waals surface area contributed by atoms with Crippen molar-refractivity contribution in [2.24, 2.45) is 0 Å². The first-order valence-electron chi connectivity index (χ1n) is 9.77. The van der Waals surface area contributed by atoms with Gasteiger partial charge in [0.15, 0.2) is 0 Å². The van der Waals surface area contributed by atoms with Gasteiger partial charge in [-0.25, -0.2) is 0 Å². The van der Waals surface area contributed by atoms with Gasteiger partial charge in [0.05, 0.1) is 25.5 Å². The lowest BCUT2D eigenvalue weighted by Gasteiger charge is -2.26. The van der Waals surface area contributed by atoms with E-state index in [0.717, 1.165) is 22.6 Å². The first kappa shape index (κ1) is 21.0. The zero-order valence-electron chi connectivity index (χ0n) is 17.2. The summed E-state index contributed by atoms with van der Waals surface area (Å²) in [7, 11) is 1.89. The lowest BCUT2D eigenvalue weighted by molar-refractivity contribution is -0.122. The Labute approximate surface area is 170 Å². The molecule has 1 saturated heterocycles. The second kappa shape index (κ2) is 9.67. The van der Waals surface area contributed by atoms with Gasteiger partial charge in [-0.1, -0.05) is 17.3 Å². The van der Waals surface area contributed by atoms with Crippen molar-refractivity contribution in [3.05, 3.63) is 52.4 Å². The number of amides is 2. The van der Waals surface area contributed by atoms with Gasteiger partial charge in [0.1, 0.15) is 5.76 Å². The van der Waals surface area contributed by atoms with Gasteiger partial charge in [-0.3, -0.25) is 14.5 Å². The molecule has 0 atom stereocenters.